The second kappa shape index (κ2) is 5.59. The maximum absolute atomic E-state index is 13.0. The summed E-state index contributed by atoms with van der Waals surface area (Å²) in [6.07, 6.45) is -2.56. The molecule has 1 aromatic carbocycles. The van der Waals surface area contributed by atoms with E-state index in [4.69, 9.17) is 5.84 Å². The second-order valence-electron chi connectivity index (χ2n) is 4.39. The molecular weight excluding hydrogens is 271 g/mol. The number of aromatic nitrogens is 3. The molecule has 3 N–H and O–H groups in total. The predicted octanol–water partition coefficient (Wildman–Crippen LogP) is 1.58. The number of hydrogen-bond donors (Lipinski definition) is 2. The fourth-order valence-corrected chi connectivity index (χ4v) is 2.02. The Hall–Kier alpha value is -1.93. The molecule has 1 atom stereocenters. The van der Waals surface area contributed by atoms with Crippen LogP contribution >= 0.6 is 0 Å². The fourth-order valence-electron chi connectivity index (χ4n) is 2.02. The summed E-state index contributed by atoms with van der Waals surface area (Å²) in [7, 11) is 1.69. The van der Waals surface area contributed by atoms with Gasteiger partial charge in [0.2, 0.25) is 0 Å². The standard InChI is InChI=1S/C12H14F3N5/c1-20-7-8(18-19-20)6-11(17-16)9-4-2-3-5-10(9)12(13,14)15/h2-5,7,11,17H,6,16H2,1H3. The molecule has 0 aliphatic rings. The van der Waals surface area contributed by atoms with Gasteiger partial charge < -0.3 is 0 Å². The molecule has 5 nitrogen and oxygen atoms in total. The van der Waals surface area contributed by atoms with Crippen molar-refractivity contribution in [3.63, 3.8) is 0 Å². The van der Waals surface area contributed by atoms with Crippen LogP contribution in [0.2, 0.25) is 0 Å². The van der Waals surface area contributed by atoms with E-state index in [2.05, 4.69) is 15.7 Å². The van der Waals surface area contributed by atoms with Crippen molar-refractivity contribution >= 4 is 0 Å². The van der Waals surface area contributed by atoms with Gasteiger partial charge in [0, 0.05) is 19.7 Å². The lowest BCUT2D eigenvalue weighted by atomic mass is 9.97. The molecule has 0 fully saturated rings. The van der Waals surface area contributed by atoms with Gasteiger partial charge in [-0.25, -0.2) is 0 Å². The Bertz CT molecular complexity index is 578. The third-order valence-corrected chi connectivity index (χ3v) is 2.91. The molecule has 20 heavy (non-hydrogen) atoms. The monoisotopic (exact) mass is 285 g/mol. The van der Waals surface area contributed by atoms with Crippen molar-refractivity contribution in [1.82, 2.24) is 20.4 Å². The molecule has 0 saturated heterocycles. The van der Waals surface area contributed by atoms with Crippen molar-refractivity contribution in [2.75, 3.05) is 0 Å². The van der Waals surface area contributed by atoms with Crippen LogP contribution in [0.3, 0.4) is 0 Å². The summed E-state index contributed by atoms with van der Waals surface area (Å²) in [5.74, 6) is 5.40. The Morgan fingerprint density at radius 3 is 2.60 bits per heavy atom. The Morgan fingerprint density at radius 1 is 1.35 bits per heavy atom. The molecule has 2 rings (SSSR count). The van der Waals surface area contributed by atoms with Crippen LogP contribution in [-0.2, 0) is 19.6 Å². The quantitative estimate of drug-likeness (QED) is 0.661. The van der Waals surface area contributed by atoms with Crippen molar-refractivity contribution in [2.45, 2.75) is 18.6 Å². The van der Waals surface area contributed by atoms with Gasteiger partial charge in [0.05, 0.1) is 17.3 Å². The highest BCUT2D eigenvalue weighted by Gasteiger charge is 2.34. The number of nitrogens with one attached hydrogen (secondary N) is 1. The summed E-state index contributed by atoms with van der Waals surface area (Å²) in [5.41, 5.74) is 2.36. The summed E-state index contributed by atoms with van der Waals surface area (Å²) in [6.45, 7) is 0. The van der Waals surface area contributed by atoms with Crippen molar-refractivity contribution in [1.29, 1.82) is 0 Å². The molecule has 0 bridgehead atoms. The van der Waals surface area contributed by atoms with Crippen LogP contribution in [0.25, 0.3) is 0 Å². The van der Waals surface area contributed by atoms with Crippen LogP contribution < -0.4 is 11.3 Å². The van der Waals surface area contributed by atoms with E-state index in [-0.39, 0.29) is 12.0 Å². The molecule has 0 saturated carbocycles. The van der Waals surface area contributed by atoms with Gasteiger partial charge in [-0.05, 0) is 11.6 Å². The number of alkyl halides is 3. The summed E-state index contributed by atoms with van der Waals surface area (Å²) in [6, 6.07) is 4.65. The third kappa shape index (κ3) is 3.14. The zero-order valence-corrected chi connectivity index (χ0v) is 10.7. The Kier molecular flexibility index (Phi) is 4.05. The van der Waals surface area contributed by atoms with Crippen molar-refractivity contribution in [2.24, 2.45) is 12.9 Å². The first-order valence-corrected chi connectivity index (χ1v) is 5.89. The maximum Gasteiger partial charge on any atom is 0.416 e. The van der Waals surface area contributed by atoms with Gasteiger partial charge in [-0.2, -0.15) is 13.2 Å². The number of benzene rings is 1. The minimum Gasteiger partial charge on any atom is -0.271 e. The molecule has 1 aromatic heterocycles. The van der Waals surface area contributed by atoms with Crippen LogP contribution in [0.1, 0.15) is 22.9 Å². The molecular formula is C12H14F3N5. The number of rotatable bonds is 4. The van der Waals surface area contributed by atoms with E-state index in [0.717, 1.165) is 6.07 Å². The van der Waals surface area contributed by atoms with Gasteiger partial charge in [0.25, 0.3) is 0 Å². The van der Waals surface area contributed by atoms with E-state index < -0.39 is 17.8 Å². The van der Waals surface area contributed by atoms with Crippen LogP contribution in [-0.4, -0.2) is 15.0 Å². The number of aryl methyl sites for hydroxylation is 1. The molecule has 0 spiro atoms. The normalized spacial score (nSPS) is 13.4. The highest BCUT2D eigenvalue weighted by molar-refractivity contribution is 5.33. The summed E-state index contributed by atoms with van der Waals surface area (Å²) < 4.78 is 40.4. The van der Waals surface area contributed by atoms with E-state index in [1.54, 1.807) is 19.3 Å². The largest absolute Gasteiger partial charge is 0.416 e. The first-order chi connectivity index (χ1) is 9.41. The van der Waals surface area contributed by atoms with Gasteiger partial charge in [-0.15, -0.1) is 5.10 Å². The average Bonchev–Trinajstić information content (AvgIpc) is 2.80. The lowest BCUT2D eigenvalue weighted by Gasteiger charge is -2.20. The minimum absolute atomic E-state index is 0.0909. The van der Waals surface area contributed by atoms with Gasteiger partial charge >= 0.3 is 6.18 Å². The first kappa shape index (κ1) is 14.5. The number of nitrogens with zero attached hydrogens (tertiary/aromatic N) is 3. The Labute approximate surface area is 113 Å². The van der Waals surface area contributed by atoms with E-state index >= 15 is 0 Å². The molecule has 0 aliphatic carbocycles. The molecule has 2 aromatic rings. The van der Waals surface area contributed by atoms with Crippen molar-refractivity contribution < 1.29 is 13.2 Å². The molecule has 108 valence electrons. The topological polar surface area (TPSA) is 68.8 Å². The van der Waals surface area contributed by atoms with Crippen LogP contribution in [0.5, 0.6) is 0 Å². The number of halogens is 3. The van der Waals surface area contributed by atoms with Gasteiger partial charge in [-0.1, -0.05) is 23.4 Å². The summed E-state index contributed by atoms with van der Waals surface area (Å²) in [4.78, 5) is 0. The van der Waals surface area contributed by atoms with E-state index in [0.29, 0.717) is 5.69 Å². The highest BCUT2D eigenvalue weighted by Crippen LogP contribution is 2.35. The Balaban J connectivity index is 2.32. The van der Waals surface area contributed by atoms with E-state index in [1.807, 2.05) is 0 Å². The lowest BCUT2D eigenvalue weighted by Crippen LogP contribution is -2.31. The smallest absolute Gasteiger partial charge is 0.271 e. The van der Waals surface area contributed by atoms with E-state index in [9.17, 15) is 13.2 Å². The Morgan fingerprint density at radius 2 is 2.05 bits per heavy atom. The molecule has 8 heteroatoms. The second-order valence-corrected chi connectivity index (χ2v) is 4.39. The van der Waals surface area contributed by atoms with Crippen LogP contribution in [0.4, 0.5) is 13.2 Å². The van der Waals surface area contributed by atoms with Gasteiger partial charge in [0.1, 0.15) is 0 Å². The summed E-state index contributed by atoms with van der Waals surface area (Å²) >= 11 is 0. The molecule has 0 aliphatic heterocycles. The number of hydrazine groups is 1. The zero-order chi connectivity index (χ0) is 14.8. The highest BCUT2D eigenvalue weighted by atomic mass is 19.4. The molecule has 1 heterocycles. The number of hydrogen-bond acceptors (Lipinski definition) is 4. The minimum atomic E-state index is -4.42. The van der Waals surface area contributed by atoms with Gasteiger partial charge in [-0.3, -0.25) is 16.0 Å². The van der Waals surface area contributed by atoms with Crippen molar-refractivity contribution in [3.05, 3.63) is 47.3 Å². The molecule has 0 amide bonds. The molecule has 0 radical (unpaired) electrons. The van der Waals surface area contributed by atoms with E-state index in [1.165, 1.54) is 16.8 Å². The fraction of sp³-hybridized carbons (Fsp3) is 0.333. The zero-order valence-electron chi connectivity index (χ0n) is 10.7. The number of nitrogens with two attached hydrogens (primary N) is 1. The van der Waals surface area contributed by atoms with Crippen molar-refractivity contribution in [3.8, 4) is 0 Å². The van der Waals surface area contributed by atoms with Crippen LogP contribution in [0, 0.1) is 0 Å². The third-order valence-electron chi connectivity index (χ3n) is 2.91. The van der Waals surface area contributed by atoms with Crippen LogP contribution in [0.15, 0.2) is 30.5 Å². The summed E-state index contributed by atoms with van der Waals surface area (Å²) in [5, 5.41) is 7.60. The lowest BCUT2D eigenvalue weighted by molar-refractivity contribution is -0.138. The first-order valence-electron chi connectivity index (χ1n) is 5.89. The maximum atomic E-state index is 13.0. The average molecular weight is 285 g/mol. The SMILES string of the molecule is Cn1cc(CC(NN)c2ccccc2C(F)(F)F)nn1. The molecule has 1 unspecified atom stereocenters. The van der Waals surface area contributed by atoms with Gasteiger partial charge in [0.15, 0.2) is 0 Å². The predicted molar refractivity (Wildman–Crippen MR) is 66.2 cm³/mol.